The number of aromatic nitrogens is 2. The number of hydrogen-bond donors (Lipinski definition) is 0. The van der Waals surface area contributed by atoms with Gasteiger partial charge in [0.1, 0.15) is 11.0 Å². The molecule has 2 heterocycles. The van der Waals surface area contributed by atoms with E-state index in [-0.39, 0.29) is 5.82 Å². The van der Waals surface area contributed by atoms with Crippen molar-refractivity contribution in [2.45, 2.75) is 6.92 Å². The molecule has 19 heavy (non-hydrogen) atoms. The summed E-state index contributed by atoms with van der Waals surface area (Å²) in [6.45, 7) is 1.69. The number of aryl methyl sites for hydroxylation is 1. The second-order valence-corrected chi connectivity index (χ2v) is 6.74. The first-order valence-corrected chi connectivity index (χ1v) is 7.47. The Hall–Kier alpha value is -1.04. The largest absolute Gasteiger partial charge is 0.228 e. The van der Waals surface area contributed by atoms with Gasteiger partial charge in [-0.1, -0.05) is 11.6 Å². The summed E-state index contributed by atoms with van der Waals surface area (Å²) < 4.78 is 14.6. The molecule has 0 fully saturated rings. The molecule has 0 aliphatic carbocycles. The molecule has 3 aromatic rings. The van der Waals surface area contributed by atoms with Gasteiger partial charge in [0.05, 0.1) is 9.30 Å². The van der Waals surface area contributed by atoms with Crippen molar-refractivity contribution in [3.63, 3.8) is 0 Å². The van der Waals surface area contributed by atoms with Gasteiger partial charge < -0.3 is 0 Å². The Balaban J connectivity index is 2.27. The summed E-state index contributed by atoms with van der Waals surface area (Å²) in [7, 11) is 0. The zero-order chi connectivity index (χ0) is 13.6. The lowest BCUT2D eigenvalue weighted by Crippen LogP contribution is -1.93. The van der Waals surface area contributed by atoms with Crippen LogP contribution < -0.4 is 0 Å². The fourth-order valence-corrected chi connectivity index (χ4v) is 3.14. The third-order valence-corrected chi connectivity index (χ3v) is 4.55. The molecule has 0 saturated carbocycles. The molecule has 0 N–H and O–H groups in total. The number of benzene rings is 1. The number of halogens is 3. The van der Waals surface area contributed by atoms with Crippen molar-refractivity contribution in [2.75, 3.05) is 0 Å². The highest BCUT2D eigenvalue weighted by Gasteiger charge is 2.11. The minimum absolute atomic E-state index is 0.292. The van der Waals surface area contributed by atoms with Crippen LogP contribution in [0.15, 0.2) is 27.4 Å². The van der Waals surface area contributed by atoms with Crippen molar-refractivity contribution in [1.82, 2.24) is 9.97 Å². The molecule has 0 radical (unpaired) electrons. The molecule has 2 nitrogen and oxygen atoms in total. The van der Waals surface area contributed by atoms with E-state index in [2.05, 4.69) is 25.9 Å². The summed E-state index contributed by atoms with van der Waals surface area (Å²) in [6.07, 6.45) is 0. The Kier molecular flexibility index (Phi) is 3.28. The smallest absolute Gasteiger partial charge is 0.162 e. The van der Waals surface area contributed by atoms with Crippen LogP contribution >= 0.6 is 38.9 Å². The standard InChI is InChI=1S/C13H7BrClFN2S/c1-6-2-8-10(4-9(6)16)17-13(18-12(8)15)7-3-11(14)19-5-7/h2-5H,1H3. The van der Waals surface area contributed by atoms with E-state index in [1.165, 1.54) is 17.4 Å². The van der Waals surface area contributed by atoms with Crippen LogP contribution in [0.2, 0.25) is 5.15 Å². The molecule has 3 rings (SSSR count). The van der Waals surface area contributed by atoms with E-state index in [4.69, 9.17) is 11.6 Å². The van der Waals surface area contributed by atoms with Gasteiger partial charge in [-0.15, -0.1) is 11.3 Å². The summed E-state index contributed by atoms with van der Waals surface area (Å²) in [5.74, 6) is 0.211. The van der Waals surface area contributed by atoms with Crippen LogP contribution in [-0.4, -0.2) is 9.97 Å². The summed E-state index contributed by atoms with van der Waals surface area (Å²) in [6, 6.07) is 4.97. The second kappa shape index (κ2) is 4.81. The van der Waals surface area contributed by atoms with Crippen molar-refractivity contribution in [1.29, 1.82) is 0 Å². The highest BCUT2D eigenvalue weighted by Crippen LogP contribution is 2.30. The molecule has 0 amide bonds. The van der Waals surface area contributed by atoms with Gasteiger partial charge in [-0.25, -0.2) is 14.4 Å². The average molecular weight is 358 g/mol. The molecule has 0 unspecified atom stereocenters. The lowest BCUT2D eigenvalue weighted by atomic mass is 10.1. The van der Waals surface area contributed by atoms with Crippen molar-refractivity contribution in [2.24, 2.45) is 0 Å². The van der Waals surface area contributed by atoms with E-state index in [0.29, 0.717) is 27.4 Å². The minimum Gasteiger partial charge on any atom is -0.228 e. The third-order valence-electron chi connectivity index (χ3n) is 2.76. The quantitative estimate of drug-likeness (QED) is 0.558. The molecule has 0 atom stereocenters. The van der Waals surface area contributed by atoms with Gasteiger partial charge in [0, 0.05) is 22.4 Å². The Morgan fingerprint density at radius 2 is 2.05 bits per heavy atom. The average Bonchev–Trinajstić information content (AvgIpc) is 2.78. The van der Waals surface area contributed by atoms with Crippen LogP contribution in [0.25, 0.3) is 22.3 Å². The maximum Gasteiger partial charge on any atom is 0.162 e. The molecule has 0 bridgehead atoms. The predicted octanol–water partition coefficient (Wildman–Crippen LogP) is 5.22. The van der Waals surface area contributed by atoms with E-state index >= 15 is 0 Å². The van der Waals surface area contributed by atoms with E-state index in [1.54, 1.807) is 13.0 Å². The molecule has 2 aromatic heterocycles. The zero-order valence-corrected chi connectivity index (χ0v) is 12.9. The van der Waals surface area contributed by atoms with Crippen molar-refractivity contribution < 1.29 is 4.39 Å². The normalized spacial score (nSPS) is 11.2. The van der Waals surface area contributed by atoms with Gasteiger partial charge in [0.2, 0.25) is 0 Å². The molecule has 0 saturated heterocycles. The molecule has 0 spiro atoms. The van der Waals surface area contributed by atoms with Crippen LogP contribution in [0.1, 0.15) is 5.56 Å². The minimum atomic E-state index is -0.292. The SMILES string of the molecule is Cc1cc2c(Cl)nc(-c3csc(Br)c3)nc2cc1F. The first-order valence-electron chi connectivity index (χ1n) is 5.42. The number of thiophene rings is 1. The molecule has 96 valence electrons. The third kappa shape index (κ3) is 2.38. The second-order valence-electron chi connectivity index (χ2n) is 4.10. The topological polar surface area (TPSA) is 25.8 Å². The molecule has 0 aliphatic heterocycles. The van der Waals surface area contributed by atoms with Crippen LogP contribution in [0.5, 0.6) is 0 Å². The number of nitrogens with zero attached hydrogens (tertiary/aromatic N) is 2. The molecular weight excluding hydrogens is 351 g/mol. The van der Waals surface area contributed by atoms with Gasteiger partial charge in [0.15, 0.2) is 5.82 Å². The Bertz CT molecular complexity index is 788. The first kappa shape index (κ1) is 13.0. The van der Waals surface area contributed by atoms with E-state index in [9.17, 15) is 4.39 Å². The van der Waals surface area contributed by atoms with Crippen molar-refractivity contribution >= 4 is 49.8 Å². The van der Waals surface area contributed by atoms with E-state index in [1.807, 2.05) is 11.4 Å². The monoisotopic (exact) mass is 356 g/mol. The first-order chi connectivity index (χ1) is 9.04. The number of hydrogen-bond acceptors (Lipinski definition) is 3. The molecule has 6 heteroatoms. The van der Waals surface area contributed by atoms with Gasteiger partial charge in [-0.2, -0.15) is 0 Å². The highest BCUT2D eigenvalue weighted by atomic mass is 79.9. The predicted molar refractivity (Wildman–Crippen MR) is 80.3 cm³/mol. The van der Waals surface area contributed by atoms with Gasteiger partial charge in [0.25, 0.3) is 0 Å². The summed E-state index contributed by atoms with van der Waals surface area (Å²) in [4.78, 5) is 8.65. The van der Waals surface area contributed by atoms with Crippen LogP contribution in [0.3, 0.4) is 0 Å². The summed E-state index contributed by atoms with van der Waals surface area (Å²) >= 11 is 11.1. The molecular formula is C13H7BrClFN2S. The van der Waals surface area contributed by atoms with Gasteiger partial charge in [-0.3, -0.25) is 0 Å². The van der Waals surface area contributed by atoms with E-state index < -0.39 is 0 Å². The lowest BCUT2D eigenvalue weighted by molar-refractivity contribution is 0.620. The fraction of sp³-hybridized carbons (Fsp3) is 0.0769. The summed E-state index contributed by atoms with van der Waals surface area (Å²) in [5.41, 5.74) is 1.91. The molecule has 1 aromatic carbocycles. The van der Waals surface area contributed by atoms with Crippen molar-refractivity contribution in [3.05, 3.63) is 43.9 Å². The fourth-order valence-electron chi connectivity index (χ4n) is 1.78. The zero-order valence-electron chi connectivity index (χ0n) is 9.75. The van der Waals surface area contributed by atoms with Gasteiger partial charge in [-0.05, 0) is 40.5 Å². The molecule has 0 aliphatic rings. The Labute approximate surface area is 126 Å². The Morgan fingerprint density at radius 1 is 1.26 bits per heavy atom. The van der Waals surface area contributed by atoms with Crippen LogP contribution in [0, 0.1) is 12.7 Å². The summed E-state index contributed by atoms with van der Waals surface area (Å²) in [5, 5.41) is 2.93. The van der Waals surface area contributed by atoms with Crippen LogP contribution in [-0.2, 0) is 0 Å². The number of rotatable bonds is 1. The van der Waals surface area contributed by atoms with Crippen molar-refractivity contribution in [3.8, 4) is 11.4 Å². The Morgan fingerprint density at radius 3 is 2.74 bits per heavy atom. The lowest BCUT2D eigenvalue weighted by Gasteiger charge is -2.05. The van der Waals surface area contributed by atoms with Crippen LogP contribution in [0.4, 0.5) is 4.39 Å². The number of fused-ring (bicyclic) bond motifs is 1. The maximum atomic E-state index is 13.6. The highest BCUT2D eigenvalue weighted by molar-refractivity contribution is 9.11. The van der Waals surface area contributed by atoms with Gasteiger partial charge >= 0.3 is 0 Å². The maximum absolute atomic E-state index is 13.6. The van der Waals surface area contributed by atoms with E-state index in [0.717, 1.165) is 9.35 Å².